The highest BCUT2D eigenvalue weighted by molar-refractivity contribution is 5.85. The molecule has 0 unspecified atom stereocenters. The van der Waals surface area contributed by atoms with Crippen molar-refractivity contribution in [2.24, 2.45) is 5.73 Å². The summed E-state index contributed by atoms with van der Waals surface area (Å²) in [7, 11) is 0. The van der Waals surface area contributed by atoms with Crippen LogP contribution in [0.15, 0.2) is 24.4 Å². The lowest BCUT2D eigenvalue weighted by Crippen LogP contribution is -2.64. The lowest BCUT2D eigenvalue weighted by molar-refractivity contribution is -0.127. The Kier molecular flexibility index (Phi) is 3.19. The molecule has 1 fully saturated rings. The summed E-state index contributed by atoms with van der Waals surface area (Å²) in [6, 6.07) is 5.89. The summed E-state index contributed by atoms with van der Waals surface area (Å²) in [6.07, 6.45) is 5.30. The summed E-state index contributed by atoms with van der Waals surface area (Å²) in [4.78, 5) is 15.5. The predicted octanol–water partition coefficient (Wildman–Crippen LogP) is 0.622. The largest absolute Gasteiger partial charge is 0.368 e. The quantitative estimate of drug-likeness (QED) is 0.763. The van der Waals surface area contributed by atoms with Crippen LogP contribution in [-0.2, 0) is 11.2 Å². The molecule has 1 aromatic rings. The molecule has 0 aliphatic carbocycles. The van der Waals surface area contributed by atoms with Crippen LogP contribution in [0.2, 0.25) is 0 Å². The number of rotatable bonds is 5. The molecule has 1 aliphatic rings. The average molecular weight is 219 g/mol. The van der Waals surface area contributed by atoms with Gasteiger partial charge in [0.1, 0.15) is 0 Å². The van der Waals surface area contributed by atoms with Gasteiger partial charge in [-0.25, -0.2) is 0 Å². The van der Waals surface area contributed by atoms with Gasteiger partial charge in [0.2, 0.25) is 5.91 Å². The SMILES string of the molecule is NC(=O)[C@@]1(CCCc2ccccn2)CCN1. The maximum Gasteiger partial charge on any atom is 0.237 e. The number of nitrogens with one attached hydrogen (secondary N) is 1. The van der Waals surface area contributed by atoms with E-state index >= 15 is 0 Å². The van der Waals surface area contributed by atoms with Gasteiger partial charge in [-0.05, 0) is 44.4 Å². The lowest BCUT2D eigenvalue weighted by Gasteiger charge is -2.40. The number of aromatic nitrogens is 1. The molecule has 16 heavy (non-hydrogen) atoms. The number of carbonyl (C=O) groups is 1. The standard InChI is InChI=1S/C12H17N3O/c13-11(16)12(7-9-15-12)6-3-5-10-4-1-2-8-14-10/h1-2,4,8,15H,3,5-7,9H2,(H2,13,16)/t12-/m1/s1. The Balaban J connectivity index is 1.82. The number of nitrogens with two attached hydrogens (primary N) is 1. The van der Waals surface area contributed by atoms with Crippen molar-refractivity contribution < 1.29 is 4.79 Å². The topological polar surface area (TPSA) is 68.0 Å². The molecule has 0 spiro atoms. The van der Waals surface area contributed by atoms with E-state index in [1.54, 1.807) is 6.20 Å². The van der Waals surface area contributed by atoms with Crippen molar-refractivity contribution in [2.75, 3.05) is 6.54 Å². The minimum atomic E-state index is -0.436. The van der Waals surface area contributed by atoms with E-state index in [4.69, 9.17) is 5.73 Å². The zero-order chi connectivity index (χ0) is 11.4. The predicted molar refractivity (Wildman–Crippen MR) is 61.7 cm³/mol. The van der Waals surface area contributed by atoms with E-state index in [9.17, 15) is 4.79 Å². The van der Waals surface area contributed by atoms with Crippen molar-refractivity contribution in [2.45, 2.75) is 31.2 Å². The van der Waals surface area contributed by atoms with Crippen molar-refractivity contribution in [3.05, 3.63) is 30.1 Å². The Morgan fingerprint density at radius 1 is 1.56 bits per heavy atom. The zero-order valence-corrected chi connectivity index (χ0v) is 9.28. The fourth-order valence-electron chi connectivity index (χ4n) is 2.09. The van der Waals surface area contributed by atoms with E-state index in [0.29, 0.717) is 0 Å². The van der Waals surface area contributed by atoms with Crippen LogP contribution in [0.5, 0.6) is 0 Å². The Labute approximate surface area is 95.3 Å². The van der Waals surface area contributed by atoms with E-state index in [2.05, 4.69) is 10.3 Å². The van der Waals surface area contributed by atoms with Crippen molar-refractivity contribution in [3.8, 4) is 0 Å². The van der Waals surface area contributed by atoms with Gasteiger partial charge in [-0.15, -0.1) is 0 Å². The second-order valence-electron chi connectivity index (χ2n) is 4.30. The van der Waals surface area contributed by atoms with Crippen LogP contribution in [0.25, 0.3) is 0 Å². The second-order valence-corrected chi connectivity index (χ2v) is 4.30. The summed E-state index contributed by atoms with van der Waals surface area (Å²) in [5.74, 6) is -0.222. The number of hydrogen-bond donors (Lipinski definition) is 2. The van der Waals surface area contributed by atoms with Gasteiger partial charge in [-0.1, -0.05) is 6.07 Å². The zero-order valence-electron chi connectivity index (χ0n) is 9.28. The first-order valence-corrected chi connectivity index (χ1v) is 5.68. The number of carbonyl (C=O) groups excluding carboxylic acids is 1. The molecule has 0 saturated carbocycles. The lowest BCUT2D eigenvalue weighted by atomic mass is 9.82. The molecule has 86 valence electrons. The maximum atomic E-state index is 11.3. The fraction of sp³-hybridized carbons (Fsp3) is 0.500. The molecule has 0 bridgehead atoms. The normalized spacial score (nSPS) is 23.8. The number of nitrogens with zero attached hydrogens (tertiary/aromatic N) is 1. The van der Waals surface area contributed by atoms with Crippen LogP contribution in [0.3, 0.4) is 0 Å². The minimum absolute atomic E-state index is 0.222. The van der Waals surface area contributed by atoms with Crippen LogP contribution in [0.4, 0.5) is 0 Å². The third-order valence-corrected chi connectivity index (χ3v) is 3.25. The van der Waals surface area contributed by atoms with Gasteiger partial charge >= 0.3 is 0 Å². The molecule has 2 heterocycles. The van der Waals surface area contributed by atoms with E-state index in [0.717, 1.165) is 37.9 Å². The molecule has 4 heteroatoms. The second kappa shape index (κ2) is 4.61. The molecule has 1 saturated heterocycles. The smallest absolute Gasteiger partial charge is 0.237 e. The molecular weight excluding hydrogens is 202 g/mol. The summed E-state index contributed by atoms with van der Waals surface area (Å²) >= 11 is 0. The monoisotopic (exact) mass is 219 g/mol. The van der Waals surface area contributed by atoms with Gasteiger partial charge in [0.05, 0.1) is 5.54 Å². The maximum absolute atomic E-state index is 11.3. The summed E-state index contributed by atoms with van der Waals surface area (Å²) in [6.45, 7) is 0.895. The summed E-state index contributed by atoms with van der Waals surface area (Å²) in [5, 5.41) is 3.15. The van der Waals surface area contributed by atoms with Crippen LogP contribution >= 0.6 is 0 Å². The molecule has 3 N–H and O–H groups in total. The van der Waals surface area contributed by atoms with E-state index in [-0.39, 0.29) is 5.91 Å². The average Bonchev–Trinajstić information content (AvgIpc) is 2.23. The molecule has 0 aromatic carbocycles. The Morgan fingerprint density at radius 3 is 2.88 bits per heavy atom. The summed E-state index contributed by atoms with van der Waals surface area (Å²) in [5.41, 5.74) is 6.03. The molecule has 1 aromatic heterocycles. The molecule has 2 rings (SSSR count). The van der Waals surface area contributed by atoms with Crippen LogP contribution in [-0.4, -0.2) is 23.0 Å². The molecule has 4 nitrogen and oxygen atoms in total. The molecule has 1 amide bonds. The van der Waals surface area contributed by atoms with Gasteiger partial charge in [0.25, 0.3) is 0 Å². The molecule has 1 aliphatic heterocycles. The molecular formula is C12H17N3O. The van der Waals surface area contributed by atoms with E-state index in [1.165, 1.54) is 0 Å². The van der Waals surface area contributed by atoms with E-state index in [1.807, 2.05) is 18.2 Å². The van der Waals surface area contributed by atoms with Gasteiger partial charge < -0.3 is 11.1 Å². The molecule has 0 radical (unpaired) electrons. The van der Waals surface area contributed by atoms with Gasteiger partial charge in [0, 0.05) is 11.9 Å². The summed E-state index contributed by atoms with van der Waals surface area (Å²) < 4.78 is 0. The first-order chi connectivity index (χ1) is 7.73. The third-order valence-electron chi connectivity index (χ3n) is 3.25. The van der Waals surface area contributed by atoms with E-state index < -0.39 is 5.54 Å². The van der Waals surface area contributed by atoms with Crippen molar-refractivity contribution in [1.82, 2.24) is 10.3 Å². The van der Waals surface area contributed by atoms with Gasteiger partial charge in [-0.3, -0.25) is 9.78 Å². The Morgan fingerprint density at radius 2 is 2.38 bits per heavy atom. The third kappa shape index (κ3) is 2.22. The van der Waals surface area contributed by atoms with Crippen molar-refractivity contribution >= 4 is 5.91 Å². The van der Waals surface area contributed by atoms with Crippen molar-refractivity contribution in [1.29, 1.82) is 0 Å². The number of primary amides is 1. The molecule has 1 atom stereocenters. The Hall–Kier alpha value is -1.42. The highest BCUT2D eigenvalue weighted by Gasteiger charge is 2.41. The number of amides is 1. The number of hydrogen-bond acceptors (Lipinski definition) is 3. The van der Waals surface area contributed by atoms with Crippen LogP contribution in [0, 0.1) is 0 Å². The van der Waals surface area contributed by atoms with Gasteiger partial charge in [-0.2, -0.15) is 0 Å². The van der Waals surface area contributed by atoms with Gasteiger partial charge in [0.15, 0.2) is 0 Å². The highest BCUT2D eigenvalue weighted by Crippen LogP contribution is 2.24. The number of pyridine rings is 1. The Bertz CT molecular complexity index is 360. The highest BCUT2D eigenvalue weighted by atomic mass is 16.1. The van der Waals surface area contributed by atoms with Crippen molar-refractivity contribution in [3.63, 3.8) is 0 Å². The van der Waals surface area contributed by atoms with Crippen LogP contribution < -0.4 is 11.1 Å². The minimum Gasteiger partial charge on any atom is -0.368 e. The number of aryl methyl sites for hydroxylation is 1. The first-order valence-electron chi connectivity index (χ1n) is 5.68. The fourth-order valence-corrected chi connectivity index (χ4v) is 2.09. The van der Waals surface area contributed by atoms with Crippen LogP contribution in [0.1, 0.15) is 25.0 Å². The first kappa shape index (κ1) is 11.1.